The highest BCUT2D eigenvalue weighted by atomic mass is 32.1. The Hall–Kier alpha value is -0.380. The highest BCUT2D eigenvalue weighted by Gasteiger charge is 2.02. The van der Waals surface area contributed by atoms with Crippen LogP contribution in [0.15, 0.2) is 11.4 Å². The van der Waals surface area contributed by atoms with Crippen LogP contribution >= 0.6 is 11.3 Å². The molecule has 0 fully saturated rings. The first-order valence-corrected chi connectivity index (χ1v) is 7.47. The normalized spacial score (nSPS) is 11.3. The zero-order chi connectivity index (χ0) is 12.5. The van der Waals surface area contributed by atoms with Crippen molar-refractivity contribution in [2.24, 2.45) is 5.92 Å². The summed E-state index contributed by atoms with van der Waals surface area (Å²) in [5.41, 5.74) is 1.39. The summed E-state index contributed by atoms with van der Waals surface area (Å²) in [5, 5.41) is 5.57. The van der Waals surface area contributed by atoms with E-state index < -0.39 is 0 Å². The first kappa shape index (κ1) is 14.7. The van der Waals surface area contributed by atoms with Crippen molar-refractivity contribution in [3.05, 3.63) is 21.9 Å². The van der Waals surface area contributed by atoms with E-state index in [-0.39, 0.29) is 0 Å². The zero-order valence-corrected chi connectivity index (χ0v) is 12.1. The Morgan fingerprint density at radius 3 is 2.71 bits per heavy atom. The number of hydrogen-bond acceptors (Lipinski definition) is 3. The first-order chi connectivity index (χ1) is 8.27. The Morgan fingerprint density at radius 1 is 1.35 bits per heavy atom. The Bertz CT molecular complexity index is 294. The highest BCUT2D eigenvalue weighted by molar-refractivity contribution is 7.10. The van der Waals surface area contributed by atoms with Gasteiger partial charge in [-0.05, 0) is 29.9 Å². The quantitative estimate of drug-likeness (QED) is 0.681. The van der Waals surface area contributed by atoms with Gasteiger partial charge in [-0.15, -0.1) is 11.3 Å². The summed E-state index contributed by atoms with van der Waals surface area (Å²) >= 11 is 1.82. The monoisotopic (exact) mass is 255 g/mol. The van der Waals surface area contributed by atoms with E-state index >= 15 is 0 Å². The molecule has 1 N–H and O–H groups in total. The van der Waals surface area contributed by atoms with E-state index in [1.165, 1.54) is 23.3 Å². The molecule has 3 heteroatoms. The summed E-state index contributed by atoms with van der Waals surface area (Å²) in [5.74, 6) is 0.731. The second-order valence-electron chi connectivity index (χ2n) is 4.46. The predicted octanol–water partition coefficient (Wildman–Crippen LogP) is 3.60. The maximum absolute atomic E-state index is 5.67. The van der Waals surface area contributed by atoms with Crippen LogP contribution in [0.2, 0.25) is 0 Å². The van der Waals surface area contributed by atoms with E-state index in [0.29, 0.717) is 0 Å². The second-order valence-corrected chi connectivity index (χ2v) is 5.46. The molecule has 1 heterocycles. The number of rotatable bonds is 9. The molecule has 2 nitrogen and oxygen atoms in total. The Balaban J connectivity index is 2.00. The van der Waals surface area contributed by atoms with Gasteiger partial charge in [-0.2, -0.15) is 0 Å². The van der Waals surface area contributed by atoms with Crippen LogP contribution in [0.4, 0.5) is 0 Å². The first-order valence-electron chi connectivity index (χ1n) is 6.59. The third-order valence-electron chi connectivity index (χ3n) is 3.19. The Kier molecular flexibility index (Phi) is 7.49. The van der Waals surface area contributed by atoms with Crippen LogP contribution in [0, 0.1) is 12.8 Å². The molecule has 1 aromatic rings. The molecule has 0 saturated heterocycles. The van der Waals surface area contributed by atoms with Gasteiger partial charge in [-0.1, -0.05) is 26.7 Å². The van der Waals surface area contributed by atoms with Gasteiger partial charge in [0, 0.05) is 24.6 Å². The summed E-state index contributed by atoms with van der Waals surface area (Å²) in [7, 11) is 0. The smallest absolute Gasteiger partial charge is 0.0591 e. The lowest BCUT2D eigenvalue weighted by molar-refractivity contribution is 0.0981. The largest absolute Gasteiger partial charge is 0.380 e. The Morgan fingerprint density at radius 2 is 2.12 bits per heavy atom. The fraction of sp³-hybridized carbons (Fsp3) is 0.714. The van der Waals surface area contributed by atoms with Gasteiger partial charge >= 0.3 is 0 Å². The van der Waals surface area contributed by atoms with Gasteiger partial charge in [0.25, 0.3) is 0 Å². The van der Waals surface area contributed by atoms with Crippen LogP contribution in [0.25, 0.3) is 0 Å². The third-order valence-corrected chi connectivity index (χ3v) is 4.21. The molecule has 98 valence electrons. The van der Waals surface area contributed by atoms with E-state index in [9.17, 15) is 0 Å². The van der Waals surface area contributed by atoms with Gasteiger partial charge in [-0.25, -0.2) is 0 Å². The predicted molar refractivity (Wildman–Crippen MR) is 75.7 cm³/mol. The van der Waals surface area contributed by atoms with Crippen molar-refractivity contribution in [2.45, 2.75) is 40.2 Å². The molecule has 0 aromatic carbocycles. The molecule has 1 aromatic heterocycles. The summed E-state index contributed by atoms with van der Waals surface area (Å²) in [4.78, 5) is 1.44. The molecule has 0 bridgehead atoms. The molecule has 0 aliphatic rings. The maximum Gasteiger partial charge on any atom is 0.0591 e. The zero-order valence-electron chi connectivity index (χ0n) is 11.3. The topological polar surface area (TPSA) is 21.3 Å². The van der Waals surface area contributed by atoms with Crippen LogP contribution in [0.1, 0.15) is 37.1 Å². The van der Waals surface area contributed by atoms with Gasteiger partial charge in [-0.3, -0.25) is 0 Å². The van der Waals surface area contributed by atoms with Crippen molar-refractivity contribution in [2.75, 3.05) is 19.8 Å². The fourth-order valence-electron chi connectivity index (χ4n) is 1.71. The second kappa shape index (κ2) is 8.67. The average molecular weight is 255 g/mol. The molecular formula is C14H25NOS. The molecule has 17 heavy (non-hydrogen) atoms. The summed E-state index contributed by atoms with van der Waals surface area (Å²) < 4.78 is 5.67. The van der Waals surface area contributed by atoms with E-state index in [2.05, 4.69) is 37.5 Å². The maximum atomic E-state index is 5.67. The molecule has 0 saturated carbocycles. The van der Waals surface area contributed by atoms with Gasteiger partial charge in [0.15, 0.2) is 0 Å². The molecule has 0 amide bonds. The minimum Gasteiger partial charge on any atom is -0.380 e. The van der Waals surface area contributed by atoms with Crippen LogP contribution in [0.5, 0.6) is 0 Å². The number of hydrogen-bond donors (Lipinski definition) is 1. The lowest BCUT2D eigenvalue weighted by Gasteiger charge is -2.12. The molecule has 0 spiro atoms. The van der Waals surface area contributed by atoms with Crippen LogP contribution < -0.4 is 5.32 Å². The van der Waals surface area contributed by atoms with Gasteiger partial charge in [0.2, 0.25) is 0 Å². The van der Waals surface area contributed by atoms with Crippen LogP contribution in [-0.4, -0.2) is 19.8 Å². The van der Waals surface area contributed by atoms with E-state index in [4.69, 9.17) is 4.74 Å². The third kappa shape index (κ3) is 5.66. The van der Waals surface area contributed by atoms with Crippen molar-refractivity contribution in [1.29, 1.82) is 0 Å². The lowest BCUT2D eigenvalue weighted by Crippen LogP contribution is -2.20. The highest BCUT2D eigenvalue weighted by Crippen LogP contribution is 2.14. The molecule has 1 rings (SSSR count). The van der Waals surface area contributed by atoms with Gasteiger partial charge < -0.3 is 10.1 Å². The summed E-state index contributed by atoms with van der Waals surface area (Å²) in [6, 6.07) is 2.17. The number of aryl methyl sites for hydroxylation is 1. The van der Waals surface area contributed by atoms with E-state index in [1.807, 2.05) is 11.3 Å². The number of thiophene rings is 1. The molecule has 0 atom stereocenters. The minimum absolute atomic E-state index is 0.731. The van der Waals surface area contributed by atoms with Gasteiger partial charge in [0.1, 0.15) is 0 Å². The van der Waals surface area contributed by atoms with E-state index in [0.717, 1.165) is 32.2 Å². The molecule has 0 aliphatic heterocycles. The molecule has 0 aliphatic carbocycles. The van der Waals surface area contributed by atoms with Crippen LogP contribution in [0.3, 0.4) is 0 Å². The van der Waals surface area contributed by atoms with Gasteiger partial charge in [0.05, 0.1) is 6.61 Å². The van der Waals surface area contributed by atoms with Crippen LogP contribution in [-0.2, 0) is 11.3 Å². The average Bonchev–Trinajstić information content (AvgIpc) is 2.74. The number of ether oxygens (including phenoxy) is 1. The molecule has 0 radical (unpaired) electrons. The minimum atomic E-state index is 0.731. The van der Waals surface area contributed by atoms with Crippen molar-refractivity contribution >= 4 is 11.3 Å². The van der Waals surface area contributed by atoms with Crippen molar-refractivity contribution in [1.82, 2.24) is 5.32 Å². The SMILES string of the molecule is CCC(CC)COCCNCc1sccc1C. The summed E-state index contributed by atoms with van der Waals surface area (Å²) in [6.07, 6.45) is 2.44. The molecule has 0 unspecified atom stereocenters. The standard InChI is InChI=1S/C14H25NOS/c1-4-13(5-2)11-16-8-7-15-10-14-12(3)6-9-17-14/h6,9,13,15H,4-5,7-8,10-11H2,1-3H3. The number of nitrogens with one attached hydrogen (secondary N) is 1. The fourth-order valence-corrected chi connectivity index (χ4v) is 2.58. The Labute approximate surface area is 109 Å². The van der Waals surface area contributed by atoms with E-state index in [1.54, 1.807) is 0 Å². The van der Waals surface area contributed by atoms with Crippen molar-refractivity contribution in [3.8, 4) is 0 Å². The van der Waals surface area contributed by atoms with Crippen molar-refractivity contribution in [3.63, 3.8) is 0 Å². The molecular weight excluding hydrogens is 230 g/mol. The summed E-state index contributed by atoms with van der Waals surface area (Å²) in [6.45, 7) is 10.3. The van der Waals surface area contributed by atoms with Crippen molar-refractivity contribution < 1.29 is 4.74 Å². The lowest BCUT2D eigenvalue weighted by atomic mass is 10.1.